The highest BCUT2D eigenvalue weighted by Crippen LogP contribution is 2.38. The van der Waals surface area contributed by atoms with Crippen LogP contribution in [0, 0.1) is 5.41 Å². The minimum absolute atomic E-state index is 0.0763. The van der Waals surface area contributed by atoms with Crippen LogP contribution in [0.3, 0.4) is 0 Å². The SMILES string of the molecule is CCC1SN=C(C(C)(C)C)/C1=C/N=C\N. The molecule has 1 aliphatic rings. The molecule has 1 atom stereocenters. The number of hydrogen-bond acceptors (Lipinski definition) is 3. The molecule has 1 heterocycles. The van der Waals surface area contributed by atoms with Crippen LogP contribution in [0.5, 0.6) is 0 Å². The lowest BCUT2D eigenvalue weighted by Crippen LogP contribution is -2.23. The van der Waals surface area contributed by atoms with E-state index in [2.05, 4.69) is 37.1 Å². The van der Waals surface area contributed by atoms with Gasteiger partial charge in [-0.3, -0.25) is 0 Å². The van der Waals surface area contributed by atoms with Gasteiger partial charge in [0.25, 0.3) is 0 Å². The van der Waals surface area contributed by atoms with Crippen LogP contribution in [-0.4, -0.2) is 17.3 Å². The number of hydrogen-bond donors (Lipinski definition) is 1. The number of nitrogens with zero attached hydrogens (tertiary/aromatic N) is 2. The second-order valence-corrected chi connectivity index (χ2v) is 5.54. The molecule has 0 amide bonds. The van der Waals surface area contributed by atoms with Crippen LogP contribution in [0.25, 0.3) is 0 Å². The van der Waals surface area contributed by atoms with Crippen molar-refractivity contribution in [3.8, 4) is 0 Å². The van der Waals surface area contributed by atoms with Crippen molar-refractivity contribution >= 4 is 24.0 Å². The Hall–Kier alpha value is -0.770. The van der Waals surface area contributed by atoms with Crippen molar-refractivity contribution in [1.82, 2.24) is 0 Å². The van der Waals surface area contributed by atoms with E-state index in [0.717, 1.165) is 12.1 Å². The van der Waals surface area contributed by atoms with Gasteiger partial charge in [-0.05, 0) is 18.4 Å². The molecule has 1 rings (SSSR count). The van der Waals surface area contributed by atoms with E-state index in [1.807, 2.05) is 6.20 Å². The highest BCUT2D eigenvalue weighted by Gasteiger charge is 2.32. The monoisotopic (exact) mass is 225 g/mol. The fourth-order valence-corrected chi connectivity index (χ4v) is 2.56. The van der Waals surface area contributed by atoms with Crippen molar-refractivity contribution in [1.29, 1.82) is 0 Å². The van der Waals surface area contributed by atoms with Crippen LogP contribution in [-0.2, 0) is 0 Å². The smallest absolute Gasteiger partial charge is 0.0852 e. The third kappa shape index (κ3) is 2.84. The second-order valence-electron chi connectivity index (χ2n) is 4.57. The first-order chi connectivity index (χ1) is 7.00. The molecule has 0 radical (unpaired) electrons. The molecule has 0 aromatic carbocycles. The first-order valence-corrected chi connectivity index (χ1v) is 6.02. The molecule has 0 fully saturated rings. The molecule has 0 aromatic rings. The van der Waals surface area contributed by atoms with Gasteiger partial charge in [-0.1, -0.05) is 27.7 Å². The topological polar surface area (TPSA) is 50.7 Å². The minimum Gasteiger partial charge on any atom is -0.390 e. The molecule has 0 saturated heterocycles. The molecule has 3 nitrogen and oxygen atoms in total. The van der Waals surface area contributed by atoms with Gasteiger partial charge in [0.1, 0.15) is 0 Å². The van der Waals surface area contributed by atoms with Crippen LogP contribution in [0.2, 0.25) is 0 Å². The van der Waals surface area contributed by atoms with E-state index < -0.39 is 0 Å². The molecule has 0 aliphatic carbocycles. The molecule has 2 N–H and O–H groups in total. The lowest BCUT2D eigenvalue weighted by Gasteiger charge is -2.20. The highest BCUT2D eigenvalue weighted by atomic mass is 32.2. The summed E-state index contributed by atoms with van der Waals surface area (Å²) >= 11 is 1.64. The number of nitrogens with two attached hydrogens (primary N) is 1. The summed E-state index contributed by atoms with van der Waals surface area (Å²) in [4.78, 5) is 4.01. The largest absolute Gasteiger partial charge is 0.390 e. The van der Waals surface area contributed by atoms with E-state index in [4.69, 9.17) is 5.73 Å². The standard InChI is InChI=1S/C11H19N3S/c1-5-9-8(6-13-7-12)10(14-15-9)11(2,3)4/h6-7,9H,5H2,1-4H3,(H2,12,13)/b8-6+. The van der Waals surface area contributed by atoms with Crippen molar-refractivity contribution < 1.29 is 0 Å². The molecular formula is C11H19N3S. The predicted molar refractivity (Wildman–Crippen MR) is 69.3 cm³/mol. The second kappa shape index (κ2) is 4.84. The summed E-state index contributed by atoms with van der Waals surface area (Å²) in [6.07, 6.45) is 4.24. The van der Waals surface area contributed by atoms with E-state index in [9.17, 15) is 0 Å². The molecule has 1 aliphatic heterocycles. The van der Waals surface area contributed by atoms with Crippen LogP contribution in [0.15, 0.2) is 21.2 Å². The molecule has 15 heavy (non-hydrogen) atoms. The third-order valence-corrected chi connectivity index (χ3v) is 3.40. The first-order valence-electron chi connectivity index (χ1n) is 5.18. The Morgan fingerprint density at radius 2 is 2.20 bits per heavy atom. The number of rotatable bonds is 2. The van der Waals surface area contributed by atoms with Gasteiger partial charge < -0.3 is 5.73 Å². The summed E-state index contributed by atoms with van der Waals surface area (Å²) in [5.74, 6) is 0. The summed E-state index contributed by atoms with van der Waals surface area (Å²) in [7, 11) is 0. The Morgan fingerprint density at radius 3 is 2.67 bits per heavy atom. The maximum atomic E-state index is 5.27. The summed E-state index contributed by atoms with van der Waals surface area (Å²) < 4.78 is 4.54. The molecule has 0 bridgehead atoms. The lowest BCUT2D eigenvalue weighted by molar-refractivity contribution is 0.592. The summed E-state index contributed by atoms with van der Waals surface area (Å²) in [5, 5.41) is 0.433. The Bertz CT molecular complexity index is 310. The molecule has 4 heteroatoms. The zero-order valence-electron chi connectivity index (χ0n) is 9.82. The normalized spacial score (nSPS) is 25.2. The van der Waals surface area contributed by atoms with Gasteiger partial charge in [0, 0.05) is 17.2 Å². The summed E-state index contributed by atoms with van der Waals surface area (Å²) in [6.45, 7) is 8.68. The van der Waals surface area contributed by atoms with E-state index in [1.165, 1.54) is 11.9 Å². The van der Waals surface area contributed by atoms with Crippen molar-refractivity contribution in [2.24, 2.45) is 20.5 Å². The van der Waals surface area contributed by atoms with Gasteiger partial charge >= 0.3 is 0 Å². The Morgan fingerprint density at radius 1 is 1.53 bits per heavy atom. The van der Waals surface area contributed by atoms with E-state index in [-0.39, 0.29) is 5.41 Å². The zero-order valence-corrected chi connectivity index (χ0v) is 10.6. The molecular weight excluding hydrogens is 206 g/mol. The third-order valence-electron chi connectivity index (χ3n) is 2.27. The molecule has 84 valence electrons. The van der Waals surface area contributed by atoms with Crippen molar-refractivity contribution in [2.75, 3.05) is 0 Å². The highest BCUT2D eigenvalue weighted by molar-refractivity contribution is 7.99. The fourth-order valence-electron chi connectivity index (χ4n) is 1.51. The fraction of sp³-hybridized carbons (Fsp3) is 0.636. The Labute approximate surface area is 96.1 Å². The van der Waals surface area contributed by atoms with Gasteiger partial charge in [0.05, 0.1) is 17.3 Å². The maximum absolute atomic E-state index is 5.27. The van der Waals surface area contributed by atoms with E-state index in [0.29, 0.717) is 5.25 Å². The maximum Gasteiger partial charge on any atom is 0.0852 e. The average molecular weight is 225 g/mol. The van der Waals surface area contributed by atoms with Crippen LogP contribution in [0.4, 0.5) is 0 Å². The van der Waals surface area contributed by atoms with Crippen LogP contribution in [0.1, 0.15) is 34.1 Å². The zero-order chi connectivity index (χ0) is 11.5. The van der Waals surface area contributed by atoms with Gasteiger partial charge in [-0.25, -0.2) is 9.39 Å². The summed E-state index contributed by atoms with van der Waals surface area (Å²) in [6, 6.07) is 0. The van der Waals surface area contributed by atoms with Gasteiger partial charge in [0.15, 0.2) is 0 Å². The molecule has 0 saturated carbocycles. The Kier molecular flexibility index (Phi) is 3.97. The number of aliphatic imine (C=N–C) groups is 1. The van der Waals surface area contributed by atoms with Gasteiger partial charge in [-0.15, -0.1) is 0 Å². The summed E-state index contributed by atoms with van der Waals surface area (Å²) in [5.41, 5.74) is 7.70. The quantitative estimate of drug-likeness (QED) is 0.446. The van der Waals surface area contributed by atoms with E-state index in [1.54, 1.807) is 11.9 Å². The average Bonchev–Trinajstić information content (AvgIpc) is 2.56. The lowest BCUT2D eigenvalue weighted by atomic mass is 9.84. The van der Waals surface area contributed by atoms with E-state index >= 15 is 0 Å². The molecule has 1 unspecified atom stereocenters. The van der Waals surface area contributed by atoms with Crippen molar-refractivity contribution in [3.63, 3.8) is 0 Å². The molecule has 0 aromatic heterocycles. The molecule has 0 spiro atoms. The Balaban J connectivity index is 2.99. The van der Waals surface area contributed by atoms with Crippen LogP contribution >= 0.6 is 11.9 Å². The van der Waals surface area contributed by atoms with Gasteiger partial charge in [0.2, 0.25) is 0 Å². The van der Waals surface area contributed by atoms with Crippen molar-refractivity contribution in [3.05, 3.63) is 11.8 Å². The van der Waals surface area contributed by atoms with Crippen LogP contribution < -0.4 is 5.73 Å². The minimum atomic E-state index is 0.0763. The first kappa shape index (κ1) is 12.3. The van der Waals surface area contributed by atoms with Gasteiger partial charge in [-0.2, -0.15) is 0 Å². The predicted octanol–water partition coefficient (Wildman–Crippen LogP) is 2.78. The van der Waals surface area contributed by atoms with Crippen molar-refractivity contribution in [2.45, 2.75) is 39.4 Å².